The summed E-state index contributed by atoms with van der Waals surface area (Å²) in [4.78, 5) is 28.3. The quantitative estimate of drug-likeness (QED) is 0.860. The molecule has 1 aromatic rings. The Labute approximate surface area is 160 Å². The van der Waals surface area contributed by atoms with E-state index in [0.29, 0.717) is 32.7 Å². The molecule has 0 saturated carbocycles. The molecule has 2 heterocycles. The average molecular weight is 375 g/mol. The van der Waals surface area contributed by atoms with Crippen molar-refractivity contribution in [2.24, 2.45) is 0 Å². The van der Waals surface area contributed by atoms with E-state index in [1.54, 1.807) is 9.80 Å². The molecule has 0 radical (unpaired) electrons. The summed E-state index contributed by atoms with van der Waals surface area (Å²) in [6, 6.07) is 9.64. The first-order valence-electron chi connectivity index (χ1n) is 9.45. The zero-order valence-corrected chi connectivity index (χ0v) is 16.4. The van der Waals surface area contributed by atoms with E-state index >= 15 is 0 Å². The van der Waals surface area contributed by atoms with E-state index < -0.39 is 5.60 Å². The number of nitrogens with one attached hydrogen (secondary N) is 1. The van der Waals surface area contributed by atoms with Crippen molar-refractivity contribution >= 4 is 12.2 Å². The van der Waals surface area contributed by atoms with Gasteiger partial charge in [-0.2, -0.15) is 0 Å². The van der Waals surface area contributed by atoms with Crippen LogP contribution in [-0.2, 0) is 16.1 Å². The van der Waals surface area contributed by atoms with Crippen LogP contribution in [0, 0.1) is 0 Å². The van der Waals surface area contributed by atoms with Gasteiger partial charge in [-0.05, 0) is 32.8 Å². The van der Waals surface area contributed by atoms with Gasteiger partial charge in [-0.3, -0.25) is 0 Å². The fourth-order valence-corrected chi connectivity index (χ4v) is 3.55. The Morgan fingerprint density at radius 2 is 1.74 bits per heavy atom. The van der Waals surface area contributed by atoms with E-state index in [1.807, 2.05) is 51.1 Å². The van der Waals surface area contributed by atoms with Gasteiger partial charge in [-0.25, -0.2) is 9.59 Å². The first-order valence-corrected chi connectivity index (χ1v) is 9.45. The van der Waals surface area contributed by atoms with Gasteiger partial charge in [0.2, 0.25) is 0 Å². The molecule has 2 aliphatic heterocycles. The maximum atomic E-state index is 12.5. The second kappa shape index (κ2) is 7.76. The Bertz CT molecular complexity index is 674. The third-order valence-corrected chi connectivity index (χ3v) is 4.84. The summed E-state index contributed by atoms with van der Waals surface area (Å²) < 4.78 is 10.9. The van der Waals surface area contributed by atoms with Gasteiger partial charge in [0.15, 0.2) is 0 Å². The molecule has 7 heteroatoms. The van der Waals surface area contributed by atoms with E-state index in [1.165, 1.54) is 0 Å². The lowest BCUT2D eigenvalue weighted by Gasteiger charge is -2.40. The molecule has 27 heavy (non-hydrogen) atoms. The molecular weight excluding hydrogens is 346 g/mol. The molecule has 1 atom stereocenters. The largest absolute Gasteiger partial charge is 0.445 e. The van der Waals surface area contributed by atoms with Crippen LogP contribution in [0.15, 0.2) is 30.3 Å². The number of likely N-dealkylation sites (tertiary alicyclic amines) is 1. The van der Waals surface area contributed by atoms with Crippen molar-refractivity contribution in [2.45, 2.75) is 44.9 Å². The molecule has 148 valence electrons. The Hall–Kier alpha value is -2.28. The lowest BCUT2D eigenvalue weighted by Crippen LogP contribution is -2.63. The second-order valence-electron chi connectivity index (χ2n) is 8.32. The minimum atomic E-state index is -0.514. The maximum Gasteiger partial charge on any atom is 0.410 e. The summed E-state index contributed by atoms with van der Waals surface area (Å²) in [6.45, 7) is 8.81. The molecule has 2 fully saturated rings. The molecule has 0 aliphatic carbocycles. The zero-order chi connectivity index (χ0) is 19.5. The first kappa shape index (κ1) is 19.5. The lowest BCUT2D eigenvalue weighted by molar-refractivity contribution is 0.0263. The van der Waals surface area contributed by atoms with Crippen LogP contribution in [-0.4, -0.2) is 65.9 Å². The van der Waals surface area contributed by atoms with Crippen molar-refractivity contribution in [3.8, 4) is 0 Å². The molecule has 2 aliphatic rings. The summed E-state index contributed by atoms with van der Waals surface area (Å²) in [7, 11) is 0. The summed E-state index contributed by atoms with van der Waals surface area (Å²) in [5, 5.41) is 3.50. The maximum absolute atomic E-state index is 12.5. The van der Waals surface area contributed by atoms with Gasteiger partial charge in [0, 0.05) is 32.7 Å². The van der Waals surface area contributed by atoms with E-state index in [0.717, 1.165) is 12.0 Å². The van der Waals surface area contributed by atoms with Gasteiger partial charge in [0.1, 0.15) is 12.2 Å². The van der Waals surface area contributed by atoms with E-state index in [-0.39, 0.29) is 24.3 Å². The van der Waals surface area contributed by atoms with Crippen LogP contribution in [0.3, 0.4) is 0 Å². The molecule has 0 bridgehead atoms. The molecule has 7 nitrogen and oxygen atoms in total. The Balaban J connectivity index is 1.54. The number of nitrogens with zero attached hydrogens (tertiary/aromatic N) is 2. The monoisotopic (exact) mass is 375 g/mol. The number of ether oxygens (including phenoxy) is 2. The van der Waals surface area contributed by atoms with Crippen molar-refractivity contribution in [3.05, 3.63) is 35.9 Å². The predicted molar refractivity (Wildman–Crippen MR) is 101 cm³/mol. The van der Waals surface area contributed by atoms with Crippen LogP contribution in [0.25, 0.3) is 0 Å². The summed E-state index contributed by atoms with van der Waals surface area (Å²) in [6.07, 6.45) is 0.176. The van der Waals surface area contributed by atoms with Gasteiger partial charge in [-0.15, -0.1) is 0 Å². The number of benzene rings is 1. The normalized spacial score (nSPS) is 22.8. The average Bonchev–Trinajstić information content (AvgIpc) is 3.02. The summed E-state index contributed by atoms with van der Waals surface area (Å²) in [5.41, 5.74) is 0.161. The molecule has 3 rings (SSSR count). The van der Waals surface area contributed by atoms with Crippen LogP contribution < -0.4 is 5.32 Å². The minimum absolute atomic E-state index is 0.265. The highest BCUT2D eigenvalue weighted by Gasteiger charge is 2.45. The van der Waals surface area contributed by atoms with Gasteiger partial charge in [0.25, 0.3) is 0 Å². The third-order valence-electron chi connectivity index (χ3n) is 4.84. The molecule has 1 spiro atoms. The van der Waals surface area contributed by atoms with Gasteiger partial charge >= 0.3 is 12.2 Å². The highest BCUT2D eigenvalue weighted by molar-refractivity contribution is 5.69. The Morgan fingerprint density at radius 3 is 2.41 bits per heavy atom. The smallest absolute Gasteiger partial charge is 0.410 e. The van der Waals surface area contributed by atoms with Crippen molar-refractivity contribution in [1.82, 2.24) is 15.1 Å². The van der Waals surface area contributed by atoms with Crippen LogP contribution in [0.2, 0.25) is 0 Å². The number of carbonyl (C=O) groups excluding carboxylic acids is 2. The lowest BCUT2D eigenvalue weighted by atomic mass is 9.96. The SMILES string of the molecule is CC(C)(C)OC(=O)N1CCC2(CN(C(=O)OCc3ccccc3)CCN2)C1. The zero-order valence-electron chi connectivity index (χ0n) is 16.4. The van der Waals surface area contributed by atoms with Crippen molar-refractivity contribution < 1.29 is 19.1 Å². The molecule has 0 aromatic heterocycles. The van der Waals surface area contributed by atoms with Crippen LogP contribution in [0.5, 0.6) is 0 Å². The number of hydrogen-bond donors (Lipinski definition) is 1. The standard InChI is InChI=1S/C20H29N3O4/c1-19(2,3)27-18(25)22-11-9-20(14-22)15-23(12-10-21-20)17(24)26-13-16-7-5-4-6-8-16/h4-8,21H,9-15H2,1-3H3. The number of piperazine rings is 1. The number of amides is 2. The van der Waals surface area contributed by atoms with Crippen LogP contribution in [0.1, 0.15) is 32.8 Å². The molecule has 1 unspecified atom stereocenters. The summed E-state index contributed by atoms with van der Waals surface area (Å²) >= 11 is 0. The van der Waals surface area contributed by atoms with Gasteiger partial charge in [0.05, 0.1) is 5.54 Å². The predicted octanol–water partition coefficient (Wildman–Crippen LogP) is 2.61. The fraction of sp³-hybridized carbons (Fsp3) is 0.600. The molecule has 2 amide bonds. The van der Waals surface area contributed by atoms with Crippen molar-refractivity contribution in [3.63, 3.8) is 0 Å². The molecule has 1 aromatic carbocycles. The number of rotatable bonds is 2. The highest BCUT2D eigenvalue weighted by atomic mass is 16.6. The van der Waals surface area contributed by atoms with E-state index in [4.69, 9.17) is 9.47 Å². The van der Waals surface area contributed by atoms with E-state index in [2.05, 4.69) is 5.32 Å². The second-order valence-corrected chi connectivity index (χ2v) is 8.32. The first-order chi connectivity index (χ1) is 12.8. The third kappa shape index (κ3) is 5.13. The van der Waals surface area contributed by atoms with Crippen LogP contribution in [0.4, 0.5) is 9.59 Å². The van der Waals surface area contributed by atoms with Gasteiger partial charge < -0.3 is 24.6 Å². The number of carbonyl (C=O) groups is 2. The molecular formula is C20H29N3O4. The Morgan fingerprint density at radius 1 is 1.07 bits per heavy atom. The minimum Gasteiger partial charge on any atom is -0.445 e. The van der Waals surface area contributed by atoms with Crippen molar-refractivity contribution in [1.29, 1.82) is 0 Å². The number of hydrogen-bond acceptors (Lipinski definition) is 5. The highest BCUT2D eigenvalue weighted by Crippen LogP contribution is 2.26. The summed E-state index contributed by atoms with van der Waals surface area (Å²) in [5.74, 6) is 0. The van der Waals surface area contributed by atoms with Crippen molar-refractivity contribution in [2.75, 3.05) is 32.7 Å². The Kier molecular flexibility index (Phi) is 5.60. The van der Waals surface area contributed by atoms with Gasteiger partial charge in [-0.1, -0.05) is 30.3 Å². The topological polar surface area (TPSA) is 71.1 Å². The molecule has 1 N–H and O–H groups in total. The van der Waals surface area contributed by atoms with E-state index in [9.17, 15) is 9.59 Å². The van der Waals surface area contributed by atoms with Crippen LogP contribution >= 0.6 is 0 Å². The fourth-order valence-electron chi connectivity index (χ4n) is 3.55. The molecule has 2 saturated heterocycles.